The molecule has 0 unspecified atom stereocenters. The summed E-state index contributed by atoms with van der Waals surface area (Å²) in [6.07, 6.45) is 1.35. The first-order valence-corrected chi connectivity index (χ1v) is 5.91. The van der Waals surface area contributed by atoms with E-state index in [4.69, 9.17) is 21.1 Å². The van der Waals surface area contributed by atoms with E-state index in [0.717, 1.165) is 0 Å². The largest absolute Gasteiger partial charge is 0.495 e. The number of amides is 2. The number of urea groups is 1. The molecular formula is C12H12ClN3O4. The number of rotatable bonds is 4. The number of anilines is 2. The van der Waals surface area contributed by atoms with Crippen molar-refractivity contribution in [1.29, 1.82) is 0 Å². The molecule has 1 aromatic carbocycles. The Balaban J connectivity index is 2.15. The third kappa shape index (κ3) is 3.12. The number of benzene rings is 1. The molecule has 7 nitrogen and oxygen atoms in total. The van der Waals surface area contributed by atoms with Gasteiger partial charge in [0.2, 0.25) is 0 Å². The predicted molar refractivity (Wildman–Crippen MR) is 73.7 cm³/mol. The Kier molecular flexibility index (Phi) is 4.31. The van der Waals surface area contributed by atoms with Gasteiger partial charge in [-0.3, -0.25) is 5.32 Å². The third-order valence-electron chi connectivity index (χ3n) is 2.40. The van der Waals surface area contributed by atoms with Crippen LogP contribution in [0.1, 0.15) is 0 Å². The molecule has 0 radical (unpaired) electrons. The number of nitrogens with one attached hydrogen (secondary N) is 2. The van der Waals surface area contributed by atoms with Crippen molar-refractivity contribution < 1.29 is 18.8 Å². The first-order chi connectivity index (χ1) is 9.63. The van der Waals surface area contributed by atoms with Gasteiger partial charge in [0.15, 0.2) is 5.82 Å². The van der Waals surface area contributed by atoms with Crippen LogP contribution in [0.5, 0.6) is 11.5 Å². The molecule has 0 atom stereocenters. The van der Waals surface area contributed by atoms with Crippen LogP contribution in [0.3, 0.4) is 0 Å². The lowest BCUT2D eigenvalue weighted by molar-refractivity contribution is 0.261. The summed E-state index contributed by atoms with van der Waals surface area (Å²) in [5.41, 5.74) is 0.402. The number of nitrogens with zero attached hydrogens (tertiary/aromatic N) is 1. The summed E-state index contributed by atoms with van der Waals surface area (Å²) in [5.74, 6) is 1.16. The number of halogens is 1. The molecule has 0 aliphatic carbocycles. The van der Waals surface area contributed by atoms with Crippen molar-refractivity contribution in [1.82, 2.24) is 5.16 Å². The highest BCUT2D eigenvalue weighted by Crippen LogP contribution is 2.35. The van der Waals surface area contributed by atoms with Gasteiger partial charge in [0.25, 0.3) is 0 Å². The first-order valence-electron chi connectivity index (χ1n) is 5.54. The monoisotopic (exact) mass is 297 g/mol. The minimum Gasteiger partial charge on any atom is -0.495 e. The standard InChI is InChI=1S/C12H12ClN3O4/c1-18-9-6-10(19-2)8(5-7(9)13)14-12(17)15-11-3-4-20-16-11/h3-6H,1-2H3,(H2,14,15,16,17). The molecule has 0 aliphatic heterocycles. The van der Waals surface area contributed by atoms with Gasteiger partial charge >= 0.3 is 6.03 Å². The average Bonchev–Trinajstić information content (AvgIpc) is 2.91. The highest BCUT2D eigenvalue weighted by Gasteiger charge is 2.13. The van der Waals surface area contributed by atoms with E-state index in [0.29, 0.717) is 28.0 Å². The Labute approximate surface area is 119 Å². The van der Waals surface area contributed by atoms with E-state index in [1.165, 1.54) is 32.6 Å². The van der Waals surface area contributed by atoms with Gasteiger partial charge in [0.1, 0.15) is 17.8 Å². The Hall–Kier alpha value is -2.41. The van der Waals surface area contributed by atoms with E-state index in [-0.39, 0.29) is 0 Å². The molecule has 8 heteroatoms. The molecule has 0 aliphatic rings. The average molecular weight is 298 g/mol. The lowest BCUT2D eigenvalue weighted by atomic mass is 10.2. The van der Waals surface area contributed by atoms with Crippen LogP contribution in [0.2, 0.25) is 5.02 Å². The van der Waals surface area contributed by atoms with Crippen molar-refractivity contribution in [3.8, 4) is 11.5 Å². The number of carbonyl (C=O) groups excluding carboxylic acids is 1. The fourth-order valence-corrected chi connectivity index (χ4v) is 1.75. The normalized spacial score (nSPS) is 9.95. The summed E-state index contributed by atoms with van der Waals surface area (Å²) >= 11 is 6.01. The summed E-state index contributed by atoms with van der Waals surface area (Å²) < 4.78 is 14.8. The lowest BCUT2D eigenvalue weighted by Gasteiger charge is -2.13. The molecule has 1 aromatic heterocycles. The van der Waals surface area contributed by atoms with Crippen LogP contribution in [0.15, 0.2) is 29.0 Å². The summed E-state index contributed by atoms with van der Waals surface area (Å²) in [6, 6.07) is 4.12. The topological polar surface area (TPSA) is 85.6 Å². The van der Waals surface area contributed by atoms with Gasteiger partial charge in [-0.1, -0.05) is 16.8 Å². The zero-order valence-electron chi connectivity index (χ0n) is 10.8. The molecule has 1 heterocycles. The van der Waals surface area contributed by atoms with Gasteiger partial charge in [-0.15, -0.1) is 0 Å². The smallest absolute Gasteiger partial charge is 0.325 e. The maximum Gasteiger partial charge on any atom is 0.325 e. The Bertz CT molecular complexity index is 601. The van der Waals surface area contributed by atoms with Gasteiger partial charge < -0.3 is 19.3 Å². The highest BCUT2D eigenvalue weighted by molar-refractivity contribution is 6.32. The molecular weight excluding hydrogens is 286 g/mol. The Morgan fingerprint density at radius 1 is 1.25 bits per heavy atom. The van der Waals surface area contributed by atoms with Gasteiger partial charge in [-0.25, -0.2) is 4.79 Å². The minimum atomic E-state index is -0.501. The summed E-state index contributed by atoms with van der Waals surface area (Å²) in [6.45, 7) is 0. The number of hydrogen-bond acceptors (Lipinski definition) is 5. The van der Waals surface area contributed by atoms with E-state index in [1.807, 2.05) is 0 Å². The zero-order valence-corrected chi connectivity index (χ0v) is 11.5. The van der Waals surface area contributed by atoms with Crippen LogP contribution in [0, 0.1) is 0 Å². The number of carbonyl (C=O) groups is 1. The van der Waals surface area contributed by atoms with Gasteiger partial charge in [-0.2, -0.15) is 0 Å². The molecule has 2 amide bonds. The number of methoxy groups -OCH3 is 2. The van der Waals surface area contributed by atoms with Crippen LogP contribution in [0.4, 0.5) is 16.3 Å². The number of hydrogen-bond donors (Lipinski definition) is 2. The van der Waals surface area contributed by atoms with Gasteiger partial charge in [0.05, 0.1) is 24.9 Å². The molecule has 2 aromatic rings. The first kappa shape index (κ1) is 14.0. The molecule has 0 spiro atoms. The second kappa shape index (κ2) is 6.16. The fraction of sp³-hybridized carbons (Fsp3) is 0.167. The number of ether oxygens (including phenoxy) is 2. The van der Waals surface area contributed by atoms with E-state index in [1.54, 1.807) is 6.07 Å². The van der Waals surface area contributed by atoms with Crippen molar-refractivity contribution in [2.24, 2.45) is 0 Å². The van der Waals surface area contributed by atoms with E-state index < -0.39 is 6.03 Å². The quantitative estimate of drug-likeness (QED) is 0.906. The summed E-state index contributed by atoms with van der Waals surface area (Å²) in [7, 11) is 2.97. The highest BCUT2D eigenvalue weighted by atomic mass is 35.5. The van der Waals surface area contributed by atoms with Crippen LogP contribution < -0.4 is 20.1 Å². The van der Waals surface area contributed by atoms with Gasteiger partial charge in [-0.05, 0) is 6.07 Å². The molecule has 20 heavy (non-hydrogen) atoms. The van der Waals surface area contributed by atoms with Crippen molar-refractivity contribution in [3.63, 3.8) is 0 Å². The van der Waals surface area contributed by atoms with Crippen molar-refractivity contribution in [2.45, 2.75) is 0 Å². The molecule has 0 saturated carbocycles. The van der Waals surface area contributed by atoms with E-state index in [2.05, 4.69) is 20.3 Å². The van der Waals surface area contributed by atoms with E-state index >= 15 is 0 Å². The molecule has 2 N–H and O–H groups in total. The maximum absolute atomic E-state index is 11.8. The molecule has 0 fully saturated rings. The Morgan fingerprint density at radius 3 is 2.60 bits per heavy atom. The second-order valence-electron chi connectivity index (χ2n) is 3.65. The summed E-state index contributed by atoms with van der Waals surface area (Å²) in [4.78, 5) is 11.8. The minimum absolute atomic E-state index is 0.293. The molecule has 0 bridgehead atoms. The van der Waals surface area contributed by atoms with Gasteiger partial charge in [0, 0.05) is 12.1 Å². The zero-order chi connectivity index (χ0) is 14.5. The predicted octanol–water partition coefficient (Wildman–Crippen LogP) is 2.99. The van der Waals surface area contributed by atoms with E-state index in [9.17, 15) is 4.79 Å². The molecule has 0 saturated heterocycles. The van der Waals surface area contributed by atoms with Crippen molar-refractivity contribution in [2.75, 3.05) is 24.9 Å². The lowest BCUT2D eigenvalue weighted by Crippen LogP contribution is -2.20. The van der Waals surface area contributed by atoms with Crippen LogP contribution in [-0.4, -0.2) is 25.4 Å². The molecule has 2 rings (SSSR count). The fourth-order valence-electron chi connectivity index (χ4n) is 1.50. The van der Waals surface area contributed by atoms with Crippen LogP contribution in [0.25, 0.3) is 0 Å². The van der Waals surface area contributed by atoms with Crippen molar-refractivity contribution >= 4 is 29.1 Å². The van der Waals surface area contributed by atoms with Crippen LogP contribution in [-0.2, 0) is 0 Å². The number of aromatic nitrogens is 1. The SMILES string of the molecule is COc1cc(OC)c(NC(=O)Nc2ccon2)cc1Cl. The van der Waals surface area contributed by atoms with Crippen molar-refractivity contribution in [3.05, 3.63) is 29.5 Å². The second-order valence-corrected chi connectivity index (χ2v) is 4.06. The third-order valence-corrected chi connectivity index (χ3v) is 2.70. The summed E-state index contributed by atoms with van der Waals surface area (Å²) in [5, 5.41) is 8.99. The van der Waals surface area contributed by atoms with Crippen LogP contribution >= 0.6 is 11.6 Å². The molecule has 106 valence electrons. The Morgan fingerprint density at radius 2 is 2.00 bits per heavy atom. The maximum atomic E-state index is 11.8.